The molecule has 0 spiro atoms. The van der Waals surface area contributed by atoms with E-state index in [-0.39, 0.29) is 0 Å². The molecule has 0 aliphatic rings. The maximum absolute atomic E-state index is 12.7. The van der Waals surface area contributed by atoms with Crippen molar-refractivity contribution in [2.75, 3.05) is 0 Å². The third kappa shape index (κ3) is 1.91. The normalized spacial score (nSPS) is 12.2. The zero-order valence-corrected chi connectivity index (χ0v) is 9.99. The Balaban J connectivity index is 2.46. The Morgan fingerprint density at radius 1 is 0.895 bits per heavy atom. The van der Waals surface area contributed by atoms with E-state index in [0.717, 1.165) is 6.07 Å². The molecule has 0 aliphatic carbocycles. The molecule has 19 heavy (non-hydrogen) atoms. The monoisotopic (exact) mass is 262 g/mol. The number of fused-ring (bicyclic) bond motifs is 3. The van der Waals surface area contributed by atoms with Crippen LogP contribution in [0.4, 0.5) is 13.2 Å². The number of aryl methyl sites for hydroxylation is 1. The molecule has 5 heteroatoms. The van der Waals surface area contributed by atoms with Gasteiger partial charge in [0, 0.05) is 16.5 Å². The first-order valence-electron chi connectivity index (χ1n) is 5.70. The number of rotatable bonds is 0. The van der Waals surface area contributed by atoms with Crippen molar-refractivity contribution in [3.8, 4) is 0 Å². The van der Waals surface area contributed by atoms with Crippen molar-refractivity contribution in [2.45, 2.75) is 13.1 Å². The third-order valence-electron chi connectivity index (χ3n) is 3.02. The molecular weight excluding hydrogens is 253 g/mol. The molecular formula is C14H9F3N2. The van der Waals surface area contributed by atoms with Gasteiger partial charge in [0.25, 0.3) is 0 Å². The molecule has 0 unspecified atom stereocenters. The molecule has 3 rings (SSSR count). The lowest BCUT2D eigenvalue weighted by molar-refractivity contribution is -0.140. The standard InChI is InChI=1S/C14H9F3N2/c1-8-9-6-7-12(14(15,16)17)19-13(9)10-4-2-3-5-11(10)18-8/h2-7H,1H3. The molecule has 96 valence electrons. The fraction of sp³-hybridized carbons (Fsp3) is 0.143. The lowest BCUT2D eigenvalue weighted by Crippen LogP contribution is -2.08. The van der Waals surface area contributed by atoms with Crippen LogP contribution in [-0.4, -0.2) is 9.97 Å². The SMILES string of the molecule is Cc1nc2ccccc2c2nc(C(F)(F)F)ccc12. The van der Waals surface area contributed by atoms with E-state index >= 15 is 0 Å². The second-order valence-electron chi connectivity index (χ2n) is 4.30. The van der Waals surface area contributed by atoms with Gasteiger partial charge in [-0.2, -0.15) is 13.2 Å². The Bertz CT molecular complexity index is 779. The summed E-state index contributed by atoms with van der Waals surface area (Å²) in [7, 11) is 0. The van der Waals surface area contributed by atoms with E-state index in [1.165, 1.54) is 6.07 Å². The highest BCUT2D eigenvalue weighted by Crippen LogP contribution is 2.31. The van der Waals surface area contributed by atoms with Crippen LogP contribution in [0.15, 0.2) is 36.4 Å². The summed E-state index contributed by atoms with van der Waals surface area (Å²) < 4.78 is 38.2. The lowest BCUT2D eigenvalue weighted by Gasteiger charge is -2.09. The van der Waals surface area contributed by atoms with Gasteiger partial charge in [-0.25, -0.2) is 4.98 Å². The summed E-state index contributed by atoms with van der Waals surface area (Å²) in [6, 6.07) is 9.49. The van der Waals surface area contributed by atoms with Crippen molar-refractivity contribution >= 4 is 21.8 Å². The fourth-order valence-corrected chi connectivity index (χ4v) is 2.13. The van der Waals surface area contributed by atoms with E-state index < -0.39 is 11.9 Å². The van der Waals surface area contributed by atoms with E-state index in [1.54, 1.807) is 31.2 Å². The summed E-state index contributed by atoms with van der Waals surface area (Å²) in [5, 5.41) is 1.28. The highest BCUT2D eigenvalue weighted by molar-refractivity contribution is 6.04. The molecule has 0 saturated heterocycles. The number of halogens is 3. The van der Waals surface area contributed by atoms with Crippen LogP contribution in [0, 0.1) is 6.92 Å². The number of benzene rings is 1. The van der Waals surface area contributed by atoms with E-state index in [9.17, 15) is 13.2 Å². The highest BCUT2D eigenvalue weighted by atomic mass is 19.4. The van der Waals surface area contributed by atoms with Crippen molar-refractivity contribution in [1.29, 1.82) is 0 Å². The average molecular weight is 262 g/mol. The molecule has 0 aliphatic heterocycles. The van der Waals surface area contributed by atoms with Gasteiger partial charge in [-0.1, -0.05) is 18.2 Å². The first-order chi connectivity index (χ1) is 8.97. The molecule has 2 aromatic heterocycles. The van der Waals surface area contributed by atoms with Gasteiger partial charge in [-0.05, 0) is 25.1 Å². The zero-order valence-electron chi connectivity index (χ0n) is 9.99. The van der Waals surface area contributed by atoms with Crippen LogP contribution in [-0.2, 0) is 6.18 Å². The third-order valence-corrected chi connectivity index (χ3v) is 3.02. The summed E-state index contributed by atoms with van der Waals surface area (Å²) in [5.74, 6) is 0. The molecule has 2 nitrogen and oxygen atoms in total. The van der Waals surface area contributed by atoms with Gasteiger partial charge in [0.15, 0.2) is 0 Å². The van der Waals surface area contributed by atoms with Crippen molar-refractivity contribution in [3.05, 3.63) is 47.8 Å². The summed E-state index contributed by atoms with van der Waals surface area (Å²) in [6.45, 7) is 1.77. The van der Waals surface area contributed by atoms with Crippen molar-refractivity contribution < 1.29 is 13.2 Å². The predicted molar refractivity (Wildman–Crippen MR) is 66.8 cm³/mol. The van der Waals surface area contributed by atoms with Gasteiger partial charge in [0.05, 0.1) is 11.0 Å². The van der Waals surface area contributed by atoms with Crippen LogP contribution in [0.2, 0.25) is 0 Å². The maximum atomic E-state index is 12.7. The molecule has 0 atom stereocenters. The Morgan fingerprint density at radius 3 is 2.37 bits per heavy atom. The van der Waals surface area contributed by atoms with E-state index in [1.807, 2.05) is 0 Å². The Morgan fingerprint density at radius 2 is 1.63 bits per heavy atom. The highest BCUT2D eigenvalue weighted by Gasteiger charge is 2.32. The van der Waals surface area contributed by atoms with E-state index in [4.69, 9.17) is 0 Å². The summed E-state index contributed by atoms with van der Waals surface area (Å²) in [5.41, 5.74) is 0.794. The molecule has 0 fully saturated rings. The van der Waals surface area contributed by atoms with Crippen molar-refractivity contribution in [1.82, 2.24) is 9.97 Å². The van der Waals surface area contributed by atoms with Gasteiger partial charge in [-0.15, -0.1) is 0 Å². The molecule has 0 N–H and O–H groups in total. The van der Waals surface area contributed by atoms with Crippen LogP contribution < -0.4 is 0 Å². The Hall–Kier alpha value is -2.17. The molecule has 1 aromatic carbocycles. The number of hydrogen-bond donors (Lipinski definition) is 0. The zero-order chi connectivity index (χ0) is 13.6. The predicted octanol–water partition coefficient (Wildman–Crippen LogP) is 4.11. The number of aromatic nitrogens is 2. The number of alkyl halides is 3. The fourth-order valence-electron chi connectivity index (χ4n) is 2.13. The van der Waals surface area contributed by atoms with Crippen LogP contribution in [0.5, 0.6) is 0 Å². The molecule has 3 aromatic rings. The topological polar surface area (TPSA) is 25.8 Å². The number of hydrogen-bond acceptors (Lipinski definition) is 2. The van der Waals surface area contributed by atoms with Crippen LogP contribution in [0.25, 0.3) is 21.8 Å². The summed E-state index contributed by atoms with van der Waals surface area (Å²) >= 11 is 0. The smallest absolute Gasteiger partial charge is 0.252 e. The summed E-state index contributed by atoms with van der Waals surface area (Å²) in [6.07, 6.45) is -4.44. The first kappa shape index (κ1) is 11.9. The Labute approximate surface area is 106 Å². The van der Waals surface area contributed by atoms with Crippen LogP contribution >= 0.6 is 0 Å². The molecule has 0 saturated carbocycles. The average Bonchev–Trinajstić information content (AvgIpc) is 2.37. The second-order valence-corrected chi connectivity index (χ2v) is 4.30. The lowest BCUT2D eigenvalue weighted by atomic mass is 10.1. The van der Waals surface area contributed by atoms with Crippen LogP contribution in [0.1, 0.15) is 11.4 Å². The quantitative estimate of drug-likeness (QED) is 0.570. The van der Waals surface area contributed by atoms with Gasteiger partial charge >= 0.3 is 6.18 Å². The van der Waals surface area contributed by atoms with Gasteiger partial charge < -0.3 is 0 Å². The molecule has 2 heterocycles. The molecule has 0 radical (unpaired) electrons. The minimum atomic E-state index is -4.44. The summed E-state index contributed by atoms with van der Waals surface area (Å²) in [4.78, 5) is 8.14. The maximum Gasteiger partial charge on any atom is 0.433 e. The number of para-hydroxylation sites is 1. The first-order valence-corrected chi connectivity index (χ1v) is 5.70. The minimum Gasteiger partial charge on any atom is -0.252 e. The number of pyridine rings is 2. The molecule has 0 bridgehead atoms. The van der Waals surface area contributed by atoms with E-state index in [0.29, 0.717) is 27.5 Å². The minimum absolute atomic E-state index is 0.345. The van der Waals surface area contributed by atoms with Gasteiger partial charge in [0.2, 0.25) is 0 Å². The molecule has 0 amide bonds. The van der Waals surface area contributed by atoms with Crippen molar-refractivity contribution in [3.63, 3.8) is 0 Å². The van der Waals surface area contributed by atoms with E-state index in [2.05, 4.69) is 9.97 Å². The number of nitrogens with zero attached hydrogens (tertiary/aromatic N) is 2. The van der Waals surface area contributed by atoms with Crippen molar-refractivity contribution in [2.24, 2.45) is 0 Å². The van der Waals surface area contributed by atoms with Gasteiger partial charge in [0.1, 0.15) is 5.69 Å². The second kappa shape index (κ2) is 3.91. The van der Waals surface area contributed by atoms with Crippen LogP contribution in [0.3, 0.4) is 0 Å². The largest absolute Gasteiger partial charge is 0.433 e. The Kier molecular flexibility index (Phi) is 2.45. The van der Waals surface area contributed by atoms with Gasteiger partial charge in [-0.3, -0.25) is 4.98 Å².